The van der Waals surface area contributed by atoms with Gasteiger partial charge in [-0.15, -0.1) is 0 Å². The van der Waals surface area contributed by atoms with E-state index in [9.17, 15) is 4.79 Å². The lowest BCUT2D eigenvalue weighted by atomic mass is 10.4. The Hall–Kier alpha value is -1.29. The summed E-state index contributed by atoms with van der Waals surface area (Å²) >= 11 is 0. The summed E-state index contributed by atoms with van der Waals surface area (Å²) in [6, 6.07) is 4.04. The predicted octanol–water partition coefficient (Wildman–Crippen LogP) is 0.259. The Morgan fingerprint density at radius 3 is 3.07 bits per heavy atom. The topological polar surface area (TPSA) is 54.3 Å². The Morgan fingerprint density at radius 2 is 2.43 bits per heavy atom. The van der Waals surface area contributed by atoms with E-state index >= 15 is 0 Å². The first-order chi connectivity index (χ1) is 6.79. The van der Waals surface area contributed by atoms with Crippen LogP contribution in [0.5, 0.6) is 0 Å². The van der Waals surface area contributed by atoms with Crippen LogP contribution in [0.3, 0.4) is 0 Å². The van der Waals surface area contributed by atoms with Crippen molar-refractivity contribution < 1.29 is 9.90 Å². The molecule has 2 rings (SSSR count). The highest BCUT2D eigenvalue weighted by Crippen LogP contribution is 2.18. The maximum absolute atomic E-state index is 11.4. The fourth-order valence-corrected chi connectivity index (χ4v) is 1.40. The number of nitrogens with zero attached hydrogens (tertiary/aromatic N) is 1. The first kappa shape index (κ1) is 9.27. The average molecular weight is 194 g/mol. The van der Waals surface area contributed by atoms with Crippen LogP contribution in [-0.2, 0) is 17.9 Å². The van der Waals surface area contributed by atoms with E-state index in [1.807, 2.05) is 12.1 Å². The number of rotatable bonds is 4. The molecule has 0 saturated heterocycles. The van der Waals surface area contributed by atoms with Crippen LogP contribution >= 0.6 is 0 Å². The number of aliphatic hydroxyl groups excluding tert-OH is 1. The second kappa shape index (κ2) is 3.84. The number of nitrogens with one attached hydrogen (secondary N) is 1. The zero-order valence-electron chi connectivity index (χ0n) is 7.94. The second-order valence-corrected chi connectivity index (χ2v) is 3.63. The number of hydrogen-bond acceptors (Lipinski definition) is 2. The first-order valence-electron chi connectivity index (χ1n) is 4.84. The van der Waals surface area contributed by atoms with Crippen molar-refractivity contribution in [3.05, 3.63) is 24.0 Å². The van der Waals surface area contributed by atoms with Gasteiger partial charge in [0.2, 0.25) is 5.91 Å². The van der Waals surface area contributed by atoms with Crippen LogP contribution in [0.25, 0.3) is 0 Å². The molecule has 1 fully saturated rings. The van der Waals surface area contributed by atoms with Crippen molar-refractivity contribution in [1.29, 1.82) is 0 Å². The van der Waals surface area contributed by atoms with Gasteiger partial charge < -0.3 is 15.0 Å². The lowest BCUT2D eigenvalue weighted by molar-refractivity contribution is -0.121. The van der Waals surface area contributed by atoms with Gasteiger partial charge in [-0.2, -0.15) is 0 Å². The monoisotopic (exact) mass is 194 g/mol. The Morgan fingerprint density at radius 1 is 1.64 bits per heavy atom. The molecule has 14 heavy (non-hydrogen) atoms. The quantitative estimate of drug-likeness (QED) is 0.722. The van der Waals surface area contributed by atoms with E-state index in [0.717, 1.165) is 18.5 Å². The molecule has 1 aliphatic rings. The van der Waals surface area contributed by atoms with Gasteiger partial charge in [-0.3, -0.25) is 4.79 Å². The second-order valence-electron chi connectivity index (χ2n) is 3.63. The first-order valence-corrected chi connectivity index (χ1v) is 4.84. The van der Waals surface area contributed by atoms with E-state index in [0.29, 0.717) is 12.6 Å². The van der Waals surface area contributed by atoms with Gasteiger partial charge in [0, 0.05) is 17.9 Å². The van der Waals surface area contributed by atoms with Crippen molar-refractivity contribution >= 4 is 5.91 Å². The number of amides is 1. The Kier molecular flexibility index (Phi) is 2.54. The molecule has 0 radical (unpaired) electrons. The van der Waals surface area contributed by atoms with E-state index in [2.05, 4.69) is 5.32 Å². The fraction of sp³-hybridized carbons (Fsp3) is 0.500. The summed E-state index contributed by atoms with van der Waals surface area (Å²) in [6.45, 7) is 0.281. The third-order valence-corrected chi connectivity index (χ3v) is 2.34. The molecule has 1 aromatic heterocycles. The van der Waals surface area contributed by atoms with Gasteiger partial charge in [0.15, 0.2) is 0 Å². The highest BCUT2D eigenvalue weighted by Gasteiger charge is 2.23. The predicted molar refractivity (Wildman–Crippen MR) is 51.5 cm³/mol. The molecule has 1 aromatic rings. The van der Waals surface area contributed by atoms with Crippen LogP contribution in [0.2, 0.25) is 0 Å². The normalized spacial score (nSPS) is 15.5. The zero-order chi connectivity index (χ0) is 9.97. The highest BCUT2D eigenvalue weighted by atomic mass is 16.3. The minimum absolute atomic E-state index is 0.0241. The van der Waals surface area contributed by atoms with Crippen LogP contribution in [-0.4, -0.2) is 21.6 Å². The fourth-order valence-electron chi connectivity index (χ4n) is 1.40. The van der Waals surface area contributed by atoms with Gasteiger partial charge in [0.25, 0.3) is 0 Å². The van der Waals surface area contributed by atoms with Crippen LogP contribution in [0.15, 0.2) is 18.3 Å². The van der Waals surface area contributed by atoms with Gasteiger partial charge in [0.1, 0.15) is 6.54 Å². The summed E-state index contributed by atoms with van der Waals surface area (Å²) in [6.07, 6.45) is 4.01. The summed E-state index contributed by atoms with van der Waals surface area (Å²) in [5.41, 5.74) is 0.774. The third kappa shape index (κ3) is 2.14. The number of carbonyl (C=O) groups is 1. The van der Waals surface area contributed by atoms with Crippen molar-refractivity contribution in [2.45, 2.75) is 32.0 Å². The Labute approximate surface area is 82.5 Å². The van der Waals surface area contributed by atoms with E-state index < -0.39 is 0 Å². The summed E-state index contributed by atoms with van der Waals surface area (Å²) < 4.78 is 1.76. The molecule has 0 aromatic carbocycles. The Balaban J connectivity index is 1.91. The van der Waals surface area contributed by atoms with Gasteiger partial charge in [-0.05, 0) is 25.0 Å². The number of aromatic nitrogens is 1. The minimum atomic E-state index is -0.0241. The maximum Gasteiger partial charge on any atom is 0.240 e. The van der Waals surface area contributed by atoms with Crippen LogP contribution in [0, 0.1) is 0 Å². The average Bonchev–Trinajstić information content (AvgIpc) is 2.84. The molecule has 1 heterocycles. The summed E-state index contributed by atoms with van der Waals surface area (Å²) in [5.74, 6) is 0.0263. The largest absolute Gasteiger partial charge is 0.390 e. The third-order valence-electron chi connectivity index (χ3n) is 2.34. The smallest absolute Gasteiger partial charge is 0.240 e. The van der Waals surface area contributed by atoms with Crippen LogP contribution in [0.1, 0.15) is 18.5 Å². The molecule has 1 amide bonds. The van der Waals surface area contributed by atoms with Gasteiger partial charge >= 0.3 is 0 Å². The van der Waals surface area contributed by atoms with Crippen molar-refractivity contribution in [2.24, 2.45) is 0 Å². The van der Waals surface area contributed by atoms with Crippen molar-refractivity contribution in [2.75, 3.05) is 0 Å². The Bertz CT molecular complexity index is 329. The number of hydrogen-bond donors (Lipinski definition) is 2. The van der Waals surface area contributed by atoms with E-state index in [-0.39, 0.29) is 12.5 Å². The highest BCUT2D eigenvalue weighted by molar-refractivity contribution is 5.76. The standard InChI is InChI=1S/C10H14N2O2/c13-7-9-2-1-5-12(9)6-10(14)11-8-3-4-8/h1-2,5,8,13H,3-4,6-7H2,(H,11,14). The summed E-state index contributed by atoms with van der Waals surface area (Å²) in [7, 11) is 0. The molecule has 0 atom stereocenters. The molecule has 2 N–H and O–H groups in total. The molecule has 1 saturated carbocycles. The summed E-state index contributed by atoms with van der Waals surface area (Å²) in [4.78, 5) is 11.4. The molecule has 0 aliphatic heterocycles. The SMILES string of the molecule is O=C(Cn1cccc1CO)NC1CC1. The van der Waals surface area contributed by atoms with Gasteiger partial charge in [-0.25, -0.2) is 0 Å². The molecule has 0 bridgehead atoms. The van der Waals surface area contributed by atoms with Crippen molar-refractivity contribution in [3.63, 3.8) is 0 Å². The molecule has 4 nitrogen and oxygen atoms in total. The molecule has 4 heteroatoms. The molecule has 1 aliphatic carbocycles. The summed E-state index contributed by atoms with van der Waals surface area (Å²) in [5, 5.41) is 11.9. The van der Waals surface area contributed by atoms with Crippen LogP contribution < -0.4 is 5.32 Å². The van der Waals surface area contributed by atoms with E-state index in [1.165, 1.54) is 0 Å². The van der Waals surface area contributed by atoms with Crippen LogP contribution in [0.4, 0.5) is 0 Å². The van der Waals surface area contributed by atoms with E-state index in [1.54, 1.807) is 10.8 Å². The molecular formula is C10H14N2O2. The zero-order valence-corrected chi connectivity index (χ0v) is 7.94. The molecule has 0 spiro atoms. The van der Waals surface area contributed by atoms with Crippen molar-refractivity contribution in [1.82, 2.24) is 9.88 Å². The minimum Gasteiger partial charge on any atom is -0.390 e. The van der Waals surface area contributed by atoms with Gasteiger partial charge in [0.05, 0.1) is 6.61 Å². The van der Waals surface area contributed by atoms with E-state index in [4.69, 9.17) is 5.11 Å². The lowest BCUT2D eigenvalue weighted by Gasteiger charge is -2.07. The number of carbonyl (C=O) groups excluding carboxylic acids is 1. The van der Waals surface area contributed by atoms with Gasteiger partial charge in [-0.1, -0.05) is 0 Å². The molecular weight excluding hydrogens is 180 g/mol. The number of aliphatic hydroxyl groups is 1. The van der Waals surface area contributed by atoms with Crippen molar-refractivity contribution in [3.8, 4) is 0 Å². The maximum atomic E-state index is 11.4. The molecule has 76 valence electrons. The lowest BCUT2D eigenvalue weighted by Crippen LogP contribution is -2.29. The molecule has 0 unspecified atom stereocenters.